The molecule has 0 aliphatic rings. The molecule has 0 aliphatic carbocycles. The molecule has 1 aromatic rings. The molecule has 3 nitrogen and oxygen atoms in total. The van der Waals surface area contributed by atoms with Crippen molar-refractivity contribution in [3.63, 3.8) is 0 Å². The van der Waals surface area contributed by atoms with E-state index in [-0.39, 0.29) is 12.6 Å². The fourth-order valence-electron chi connectivity index (χ4n) is 1.60. The number of aliphatic hydroxyl groups excluding tert-OH is 1. The molecule has 0 bridgehead atoms. The zero-order valence-electron chi connectivity index (χ0n) is 10.3. The first-order valence-electron chi connectivity index (χ1n) is 5.59. The van der Waals surface area contributed by atoms with E-state index in [9.17, 15) is 5.11 Å². The molecular weight excluding hydrogens is 202 g/mol. The van der Waals surface area contributed by atoms with Crippen molar-refractivity contribution >= 4 is 0 Å². The van der Waals surface area contributed by atoms with Crippen LogP contribution in [0.2, 0.25) is 0 Å². The van der Waals surface area contributed by atoms with Gasteiger partial charge in [0, 0.05) is 13.7 Å². The lowest BCUT2D eigenvalue weighted by Gasteiger charge is -2.17. The molecule has 3 heteroatoms. The Bertz CT molecular complexity index is 326. The van der Waals surface area contributed by atoms with Crippen molar-refractivity contribution in [3.8, 4) is 0 Å². The van der Waals surface area contributed by atoms with Crippen molar-refractivity contribution in [3.05, 3.63) is 34.9 Å². The van der Waals surface area contributed by atoms with E-state index in [4.69, 9.17) is 4.74 Å². The molecule has 0 spiro atoms. The van der Waals surface area contributed by atoms with Gasteiger partial charge in [0.25, 0.3) is 0 Å². The number of benzene rings is 1. The molecule has 0 aromatic heterocycles. The van der Waals surface area contributed by atoms with Gasteiger partial charge in [0.2, 0.25) is 0 Å². The summed E-state index contributed by atoms with van der Waals surface area (Å²) >= 11 is 0. The highest BCUT2D eigenvalue weighted by molar-refractivity contribution is 5.31. The molecule has 0 amide bonds. The third kappa shape index (κ3) is 3.59. The number of nitrogens with one attached hydrogen (secondary N) is 1. The molecule has 2 N–H and O–H groups in total. The molecule has 0 saturated carbocycles. The van der Waals surface area contributed by atoms with E-state index in [2.05, 4.69) is 37.4 Å². The largest absolute Gasteiger partial charge is 0.394 e. The van der Waals surface area contributed by atoms with Crippen molar-refractivity contribution in [1.82, 2.24) is 5.32 Å². The van der Waals surface area contributed by atoms with Gasteiger partial charge in [-0.1, -0.05) is 18.2 Å². The fraction of sp³-hybridized carbons (Fsp3) is 0.538. The van der Waals surface area contributed by atoms with Crippen LogP contribution in [0, 0.1) is 13.8 Å². The average molecular weight is 223 g/mol. The van der Waals surface area contributed by atoms with Crippen LogP contribution in [0.1, 0.15) is 22.7 Å². The van der Waals surface area contributed by atoms with Gasteiger partial charge in [0.05, 0.1) is 19.3 Å². The van der Waals surface area contributed by atoms with Crippen LogP contribution < -0.4 is 5.32 Å². The Balaban J connectivity index is 2.67. The van der Waals surface area contributed by atoms with Crippen LogP contribution in [0.5, 0.6) is 0 Å². The number of hydrogen-bond donors (Lipinski definition) is 2. The summed E-state index contributed by atoms with van der Waals surface area (Å²) in [6, 6.07) is 6.26. The van der Waals surface area contributed by atoms with E-state index in [1.807, 2.05) is 0 Å². The Kier molecular flexibility index (Phi) is 5.46. The third-order valence-corrected chi connectivity index (χ3v) is 2.81. The lowest BCUT2D eigenvalue weighted by atomic mass is 10.0. The number of methoxy groups -OCH3 is 1. The second kappa shape index (κ2) is 6.63. The third-order valence-electron chi connectivity index (χ3n) is 2.81. The summed E-state index contributed by atoms with van der Waals surface area (Å²) in [6.45, 7) is 5.68. The first-order valence-corrected chi connectivity index (χ1v) is 5.59. The van der Waals surface area contributed by atoms with Crippen molar-refractivity contribution in [2.75, 3.05) is 26.9 Å². The minimum absolute atomic E-state index is 0.00514. The first-order chi connectivity index (χ1) is 7.69. The van der Waals surface area contributed by atoms with Crippen LogP contribution in [-0.4, -0.2) is 32.0 Å². The molecule has 0 saturated heterocycles. The Morgan fingerprint density at radius 1 is 1.31 bits per heavy atom. The van der Waals surface area contributed by atoms with E-state index >= 15 is 0 Å². The van der Waals surface area contributed by atoms with Crippen molar-refractivity contribution in [2.45, 2.75) is 19.9 Å². The maximum atomic E-state index is 9.34. The zero-order valence-corrected chi connectivity index (χ0v) is 10.3. The predicted molar refractivity (Wildman–Crippen MR) is 65.6 cm³/mol. The van der Waals surface area contributed by atoms with Crippen molar-refractivity contribution in [2.24, 2.45) is 0 Å². The van der Waals surface area contributed by atoms with Gasteiger partial charge in [0.15, 0.2) is 0 Å². The smallest absolute Gasteiger partial charge is 0.0626 e. The maximum Gasteiger partial charge on any atom is 0.0626 e. The second-order valence-corrected chi connectivity index (χ2v) is 4.03. The van der Waals surface area contributed by atoms with Gasteiger partial charge in [-0.05, 0) is 30.5 Å². The number of ether oxygens (including phenoxy) is 1. The molecule has 1 rings (SSSR count). The standard InChI is InChI=1S/C13H21NO2/c1-10-4-5-12(8-11(10)2)13(9-15)14-6-7-16-3/h4-5,8,13-15H,6-7,9H2,1-3H3. The number of rotatable bonds is 6. The highest BCUT2D eigenvalue weighted by Gasteiger charge is 2.09. The summed E-state index contributed by atoms with van der Waals surface area (Å²) in [6.07, 6.45) is 0. The van der Waals surface area contributed by atoms with Gasteiger partial charge in [-0.15, -0.1) is 0 Å². The SMILES string of the molecule is COCCNC(CO)c1ccc(C)c(C)c1. The molecule has 1 unspecified atom stereocenters. The number of hydrogen-bond acceptors (Lipinski definition) is 3. The van der Waals surface area contributed by atoms with Crippen LogP contribution >= 0.6 is 0 Å². The molecule has 1 aromatic carbocycles. The average Bonchev–Trinajstić information content (AvgIpc) is 2.29. The lowest BCUT2D eigenvalue weighted by Crippen LogP contribution is -2.27. The van der Waals surface area contributed by atoms with E-state index < -0.39 is 0 Å². The summed E-state index contributed by atoms with van der Waals surface area (Å²) in [5, 5.41) is 12.6. The fourth-order valence-corrected chi connectivity index (χ4v) is 1.60. The Morgan fingerprint density at radius 2 is 2.06 bits per heavy atom. The summed E-state index contributed by atoms with van der Waals surface area (Å²) in [4.78, 5) is 0. The van der Waals surface area contributed by atoms with Gasteiger partial charge in [0.1, 0.15) is 0 Å². The summed E-state index contributed by atoms with van der Waals surface area (Å²) in [7, 11) is 1.67. The Hall–Kier alpha value is -0.900. The highest BCUT2D eigenvalue weighted by Crippen LogP contribution is 2.16. The molecule has 16 heavy (non-hydrogen) atoms. The summed E-state index contributed by atoms with van der Waals surface area (Å²) in [5.41, 5.74) is 3.66. The quantitative estimate of drug-likeness (QED) is 0.719. The van der Waals surface area contributed by atoms with Crippen molar-refractivity contribution < 1.29 is 9.84 Å². The van der Waals surface area contributed by atoms with Gasteiger partial charge in [-0.3, -0.25) is 0 Å². The normalized spacial score (nSPS) is 12.8. The minimum Gasteiger partial charge on any atom is -0.394 e. The van der Waals surface area contributed by atoms with Crippen LogP contribution in [0.25, 0.3) is 0 Å². The van der Waals surface area contributed by atoms with Crippen LogP contribution in [0.4, 0.5) is 0 Å². The maximum absolute atomic E-state index is 9.34. The molecular formula is C13H21NO2. The summed E-state index contributed by atoms with van der Waals surface area (Å²) in [5.74, 6) is 0. The van der Waals surface area contributed by atoms with Gasteiger partial charge in [-0.2, -0.15) is 0 Å². The van der Waals surface area contributed by atoms with E-state index in [1.54, 1.807) is 7.11 Å². The van der Waals surface area contributed by atoms with Crippen LogP contribution in [-0.2, 0) is 4.74 Å². The molecule has 0 radical (unpaired) electrons. The number of aliphatic hydroxyl groups is 1. The Labute approximate surface area is 97.4 Å². The molecule has 90 valence electrons. The zero-order chi connectivity index (χ0) is 12.0. The Morgan fingerprint density at radius 3 is 2.62 bits per heavy atom. The van der Waals surface area contributed by atoms with Crippen LogP contribution in [0.15, 0.2) is 18.2 Å². The van der Waals surface area contributed by atoms with Gasteiger partial charge < -0.3 is 15.2 Å². The molecule has 1 atom stereocenters. The van der Waals surface area contributed by atoms with Gasteiger partial charge in [-0.25, -0.2) is 0 Å². The second-order valence-electron chi connectivity index (χ2n) is 4.03. The predicted octanol–water partition coefficient (Wildman–Crippen LogP) is 1.57. The van der Waals surface area contributed by atoms with Gasteiger partial charge >= 0.3 is 0 Å². The minimum atomic E-state index is -0.00514. The summed E-state index contributed by atoms with van der Waals surface area (Å²) < 4.78 is 4.97. The molecule has 0 heterocycles. The van der Waals surface area contributed by atoms with E-state index in [0.29, 0.717) is 6.61 Å². The monoisotopic (exact) mass is 223 g/mol. The number of aryl methyl sites for hydroxylation is 2. The van der Waals surface area contributed by atoms with Crippen LogP contribution in [0.3, 0.4) is 0 Å². The lowest BCUT2D eigenvalue weighted by molar-refractivity contribution is 0.184. The first kappa shape index (κ1) is 13.2. The van der Waals surface area contributed by atoms with E-state index in [0.717, 1.165) is 12.1 Å². The van der Waals surface area contributed by atoms with E-state index in [1.165, 1.54) is 11.1 Å². The highest BCUT2D eigenvalue weighted by atomic mass is 16.5. The topological polar surface area (TPSA) is 41.5 Å². The van der Waals surface area contributed by atoms with Crippen molar-refractivity contribution in [1.29, 1.82) is 0 Å². The molecule has 0 aliphatic heterocycles. The molecule has 0 fully saturated rings.